The second kappa shape index (κ2) is 6.78. The van der Waals surface area contributed by atoms with Gasteiger partial charge >= 0.3 is 5.88 Å². The van der Waals surface area contributed by atoms with E-state index in [4.69, 9.17) is 0 Å². The van der Waals surface area contributed by atoms with Gasteiger partial charge in [0.1, 0.15) is 4.92 Å². The van der Waals surface area contributed by atoms with Crippen molar-refractivity contribution < 1.29 is 24.0 Å². The van der Waals surface area contributed by atoms with E-state index in [2.05, 4.69) is 9.73 Å². The molecule has 1 amide bonds. The maximum atomic E-state index is 11.6. The van der Waals surface area contributed by atoms with Gasteiger partial charge in [0.25, 0.3) is 5.91 Å². The molecule has 0 spiro atoms. The second-order valence-electron chi connectivity index (χ2n) is 3.52. The fraction of sp³-hybridized carbons (Fsp3) is 0.400. The van der Waals surface area contributed by atoms with Crippen LogP contribution in [0.15, 0.2) is 16.5 Å². The van der Waals surface area contributed by atoms with Gasteiger partial charge in [-0.3, -0.25) is 14.9 Å². The number of carboxylic acids is 1. The van der Waals surface area contributed by atoms with E-state index in [-0.39, 0.29) is 12.2 Å². The molecule has 0 aliphatic carbocycles. The van der Waals surface area contributed by atoms with Crippen molar-refractivity contribution >= 4 is 29.5 Å². The van der Waals surface area contributed by atoms with Gasteiger partial charge in [0.05, 0.1) is 18.1 Å². The molecular formula is C10H11N2O6S-. The van der Waals surface area contributed by atoms with Crippen LogP contribution < -0.4 is 10.4 Å². The summed E-state index contributed by atoms with van der Waals surface area (Å²) in [6.07, 6.45) is 1.99. The molecule has 0 aliphatic heterocycles. The molecule has 0 unspecified atom stereocenters. The Labute approximate surface area is 112 Å². The van der Waals surface area contributed by atoms with E-state index in [1.807, 2.05) is 0 Å². The molecular weight excluding hydrogens is 276 g/mol. The summed E-state index contributed by atoms with van der Waals surface area (Å²) in [4.78, 5) is 32.0. The summed E-state index contributed by atoms with van der Waals surface area (Å²) in [5.74, 6) is -2.62. The second-order valence-corrected chi connectivity index (χ2v) is 4.51. The third-order valence-electron chi connectivity index (χ3n) is 2.20. The van der Waals surface area contributed by atoms with E-state index in [1.165, 1.54) is 11.8 Å². The smallest absolute Gasteiger partial charge is 0.433 e. The zero-order chi connectivity index (χ0) is 14.4. The topological polar surface area (TPSA) is 126 Å². The van der Waals surface area contributed by atoms with Crippen molar-refractivity contribution in [3.05, 3.63) is 28.0 Å². The van der Waals surface area contributed by atoms with Gasteiger partial charge in [0, 0.05) is 0 Å². The molecule has 1 atom stereocenters. The molecule has 1 heterocycles. The van der Waals surface area contributed by atoms with E-state index >= 15 is 0 Å². The number of carboxylic acid groups (broad SMARTS) is 1. The molecule has 104 valence electrons. The highest BCUT2D eigenvalue weighted by Gasteiger charge is 2.20. The Bertz CT molecular complexity index is 486. The van der Waals surface area contributed by atoms with Crippen LogP contribution in [0.1, 0.15) is 17.0 Å². The van der Waals surface area contributed by atoms with Crippen LogP contribution in [-0.2, 0) is 4.79 Å². The lowest BCUT2D eigenvalue weighted by Crippen LogP contribution is -2.48. The van der Waals surface area contributed by atoms with Gasteiger partial charge in [-0.25, -0.2) is 0 Å². The summed E-state index contributed by atoms with van der Waals surface area (Å²) in [6, 6.07) is 0.961. The Kier molecular flexibility index (Phi) is 5.37. The molecule has 8 nitrogen and oxygen atoms in total. The van der Waals surface area contributed by atoms with Crippen molar-refractivity contribution in [2.45, 2.75) is 12.5 Å². The van der Waals surface area contributed by atoms with Crippen LogP contribution in [0, 0.1) is 10.1 Å². The van der Waals surface area contributed by atoms with Crippen LogP contribution in [0.4, 0.5) is 5.88 Å². The molecule has 0 aromatic carbocycles. The number of nitrogens with one attached hydrogen (secondary N) is 1. The van der Waals surface area contributed by atoms with Crippen molar-refractivity contribution in [2.75, 3.05) is 12.0 Å². The number of hydrogen-bond acceptors (Lipinski definition) is 7. The van der Waals surface area contributed by atoms with E-state index in [1.54, 1.807) is 6.26 Å². The predicted molar refractivity (Wildman–Crippen MR) is 64.6 cm³/mol. The summed E-state index contributed by atoms with van der Waals surface area (Å²) < 4.78 is 4.66. The lowest BCUT2D eigenvalue weighted by atomic mass is 10.2. The first-order valence-electron chi connectivity index (χ1n) is 5.20. The third-order valence-corrected chi connectivity index (χ3v) is 2.84. The fourth-order valence-electron chi connectivity index (χ4n) is 1.26. The number of carbonyl (C=O) groups excluding carboxylic acids is 2. The number of aliphatic carboxylic acids is 1. The number of rotatable bonds is 7. The molecule has 1 N–H and O–H groups in total. The minimum atomic E-state index is -1.41. The van der Waals surface area contributed by atoms with Crippen LogP contribution in [0.3, 0.4) is 0 Å². The summed E-state index contributed by atoms with van der Waals surface area (Å²) in [6.45, 7) is 0. The lowest BCUT2D eigenvalue weighted by molar-refractivity contribution is -0.402. The van der Waals surface area contributed by atoms with E-state index in [0.29, 0.717) is 5.75 Å². The standard InChI is InChI=1S/C10H12N2O6S/c1-19-5-4-6(10(14)15)11-9(13)7-2-3-8(18-7)12(16)17/h2-3,6H,4-5H2,1H3,(H,11,13)(H,14,15)/p-1/t6-/m1/s1. The average Bonchev–Trinajstić information content (AvgIpc) is 2.83. The Morgan fingerprint density at radius 3 is 2.68 bits per heavy atom. The third kappa shape index (κ3) is 4.28. The van der Waals surface area contributed by atoms with Gasteiger partial charge in [-0.1, -0.05) is 0 Å². The minimum Gasteiger partial charge on any atom is -0.548 e. The highest BCUT2D eigenvalue weighted by Crippen LogP contribution is 2.15. The molecule has 0 aliphatic rings. The van der Waals surface area contributed by atoms with Gasteiger partial charge in [-0.2, -0.15) is 11.8 Å². The number of nitrogens with zero attached hydrogens (tertiary/aromatic N) is 1. The van der Waals surface area contributed by atoms with Gasteiger partial charge in [-0.05, 0) is 24.5 Å². The first kappa shape index (κ1) is 15.0. The van der Waals surface area contributed by atoms with Crippen LogP contribution in [0.2, 0.25) is 0 Å². The molecule has 9 heteroatoms. The lowest BCUT2D eigenvalue weighted by Gasteiger charge is -2.18. The number of carbonyl (C=O) groups is 2. The monoisotopic (exact) mass is 287 g/mol. The molecule has 1 aromatic rings. The first-order valence-corrected chi connectivity index (χ1v) is 6.60. The highest BCUT2D eigenvalue weighted by atomic mass is 32.2. The van der Waals surface area contributed by atoms with E-state index < -0.39 is 28.7 Å². The van der Waals surface area contributed by atoms with E-state index in [0.717, 1.165) is 12.1 Å². The van der Waals surface area contributed by atoms with Crippen molar-refractivity contribution in [1.82, 2.24) is 5.32 Å². The summed E-state index contributed by atoms with van der Waals surface area (Å²) >= 11 is 1.42. The largest absolute Gasteiger partial charge is 0.548 e. The quantitative estimate of drug-likeness (QED) is 0.543. The Hall–Kier alpha value is -2.03. The molecule has 0 fully saturated rings. The SMILES string of the molecule is CSCC[C@@H](NC(=O)c1ccc([N+](=O)[O-])o1)C(=O)[O-]. The normalized spacial score (nSPS) is 11.8. The van der Waals surface area contributed by atoms with E-state index in [9.17, 15) is 24.8 Å². The van der Waals surface area contributed by atoms with Crippen molar-refractivity contribution in [1.29, 1.82) is 0 Å². The number of thioether (sulfide) groups is 1. The Morgan fingerprint density at radius 1 is 1.53 bits per heavy atom. The maximum absolute atomic E-state index is 11.6. The number of furan rings is 1. The summed E-state index contributed by atoms with van der Waals surface area (Å²) in [5, 5.41) is 23.4. The van der Waals surface area contributed by atoms with Crippen molar-refractivity contribution in [2.24, 2.45) is 0 Å². The zero-order valence-electron chi connectivity index (χ0n) is 9.95. The fourth-order valence-corrected chi connectivity index (χ4v) is 1.73. The number of nitro groups is 1. The Morgan fingerprint density at radius 2 is 2.21 bits per heavy atom. The average molecular weight is 287 g/mol. The summed E-state index contributed by atoms with van der Waals surface area (Å²) in [7, 11) is 0. The van der Waals surface area contributed by atoms with Crippen molar-refractivity contribution in [3.8, 4) is 0 Å². The molecule has 0 saturated heterocycles. The van der Waals surface area contributed by atoms with Crippen LogP contribution in [0.25, 0.3) is 0 Å². The highest BCUT2D eigenvalue weighted by molar-refractivity contribution is 7.98. The van der Waals surface area contributed by atoms with Gasteiger partial charge in [0.2, 0.25) is 0 Å². The van der Waals surface area contributed by atoms with Gasteiger partial charge < -0.3 is 19.6 Å². The molecule has 1 rings (SSSR count). The molecule has 0 saturated carbocycles. The molecule has 0 bridgehead atoms. The van der Waals surface area contributed by atoms with Gasteiger partial charge in [0.15, 0.2) is 5.76 Å². The van der Waals surface area contributed by atoms with Gasteiger partial charge in [-0.15, -0.1) is 0 Å². The molecule has 19 heavy (non-hydrogen) atoms. The summed E-state index contributed by atoms with van der Waals surface area (Å²) in [5.41, 5.74) is 0. The minimum absolute atomic E-state index is 0.193. The molecule has 0 radical (unpaired) electrons. The van der Waals surface area contributed by atoms with Crippen molar-refractivity contribution in [3.63, 3.8) is 0 Å². The van der Waals surface area contributed by atoms with Crippen LogP contribution in [0.5, 0.6) is 0 Å². The molecule has 1 aromatic heterocycles. The zero-order valence-corrected chi connectivity index (χ0v) is 10.8. The number of hydrogen-bond donors (Lipinski definition) is 1. The van der Waals surface area contributed by atoms with Crippen LogP contribution in [-0.4, -0.2) is 34.9 Å². The maximum Gasteiger partial charge on any atom is 0.433 e. The number of amides is 1. The van der Waals surface area contributed by atoms with Crippen LogP contribution >= 0.6 is 11.8 Å². The first-order chi connectivity index (χ1) is 8.95. The Balaban J connectivity index is 2.70. The predicted octanol–water partition coefficient (Wildman–Crippen LogP) is -0.211.